The summed E-state index contributed by atoms with van der Waals surface area (Å²) in [5.74, 6) is -0.219. The molecule has 2 fully saturated rings. The van der Waals surface area contributed by atoms with E-state index in [9.17, 15) is 9.59 Å². The fourth-order valence-electron chi connectivity index (χ4n) is 5.04. The van der Waals surface area contributed by atoms with E-state index in [1.807, 2.05) is 18.9 Å². The molecule has 2 aliphatic carbocycles. The first-order valence-electron chi connectivity index (χ1n) is 10.1. The standard InChI is InChI=1S/C21H27N3O4/c1-3-27-17-13-16(21(17)11-5-4-6-12-21)24(2)19(25)15-9-7-14(8-10-15)18-22-20(26)28-23-18/h7-10,16-17H,3-6,11-13H2,1-2H3,(H,22,23,26). The number of aromatic nitrogens is 2. The van der Waals surface area contributed by atoms with Gasteiger partial charge in [0.25, 0.3) is 5.91 Å². The van der Waals surface area contributed by atoms with E-state index in [1.165, 1.54) is 19.3 Å². The highest BCUT2D eigenvalue weighted by Gasteiger charge is 2.57. The van der Waals surface area contributed by atoms with Gasteiger partial charge in [0.1, 0.15) is 0 Å². The molecule has 4 rings (SSSR count). The van der Waals surface area contributed by atoms with Crippen molar-refractivity contribution in [3.05, 3.63) is 40.4 Å². The lowest BCUT2D eigenvalue weighted by Gasteiger charge is -2.60. The smallest absolute Gasteiger partial charge is 0.378 e. The van der Waals surface area contributed by atoms with E-state index in [2.05, 4.69) is 14.7 Å². The summed E-state index contributed by atoms with van der Waals surface area (Å²) in [6, 6.07) is 7.31. The Morgan fingerprint density at radius 1 is 1.29 bits per heavy atom. The third-order valence-electron chi connectivity index (χ3n) is 6.53. The second kappa shape index (κ2) is 7.54. The normalized spacial score (nSPS) is 23.4. The van der Waals surface area contributed by atoms with Gasteiger partial charge in [-0.15, -0.1) is 0 Å². The molecule has 0 aliphatic heterocycles. The summed E-state index contributed by atoms with van der Waals surface area (Å²) in [7, 11) is 1.91. The predicted octanol–water partition coefficient (Wildman–Crippen LogP) is 3.23. The number of hydrogen-bond acceptors (Lipinski definition) is 5. The van der Waals surface area contributed by atoms with E-state index in [1.54, 1.807) is 24.3 Å². The lowest BCUT2D eigenvalue weighted by Crippen LogP contribution is -2.65. The second-order valence-electron chi connectivity index (χ2n) is 7.93. The Morgan fingerprint density at radius 2 is 2.00 bits per heavy atom. The number of carbonyl (C=O) groups is 1. The van der Waals surface area contributed by atoms with Crippen molar-refractivity contribution in [2.24, 2.45) is 5.41 Å². The van der Waals surface area contributed by atoms with E-state index in [4.69, 9.17) is 4.74 Å². The fraction of sp³-hybridized carbons (Fsp3) is 0.571. The van der Waals surface area contributed by atoms with E-state index in [0.717, 1.165) is 25.9 Å². The molecule has 1 spiro atoms. The first-order valence-corrected chi connectivity index (χ1v) is 10.1. The molecule has 2 unspecified atom stereocenters. The summed E-state index contributed by atoms with van der Waals surface area (Å²) < 4.78 is 10.6. The minimum Gasteiger partial charge on any atom is -0.378 e. The second-order valence-corrected chi connectivity index (χ2v) is 7.93. The van der Waals surface area contributed by atoms with Gasteiger partial charge in [-0.25, -0.2) is 4.79 Å². The van der Waals surface area contributed by atoms with Crippen LogP contribution in [0, 0.1) is 5.41 Å². The molecular formula is C21H27N3O4. The Labute approximate surface area is 164 Å². The number of carbonyl (C=O) groups excluding carboxylic acids is 1. The highest BCUT2D eigenvalue weighted by molar-refractivity contribution is 5.94. The van der Waals surface area contributed by atoms with E-state index in [0.29, 0.717) is 17.0 Å². The van der Waals surface area contributed by atoms with Crippen LogP contribution < -0.4 is 5.76 Å². The van der Waals surface area contributed by atoms with Crippen LogP contribution in [0.15, 0.2) is 33.6 Å². The Hall–Kier alpha value is -2.41. The average molecular weight is 385 g/mol. The SMILES string of the molecule is CCOC1CC(N(C)C(=O)c2ccc(-c3noc(=O)[nH]3)cc2)C12CCCCC2. The van der Waals surface area contributed by atoms with Gasteiger partial charge in [0.2, 0.25) is 0 Å². The van der Waals surface area contributed by atoms with Crippen LogP contribution in [-0.2, 0) is 4.74 Å². The topological polar surface area (TPSA) is 88.4 Å². The monoisotopic (exact) mass is 385 g/mol. The van der Waals surface area contributed by atoms with Crippen molar-refractivity contribution >= 4 is 5.91 Å². The quantitative estimate of drug-likeness (QED) is 0.854. The maximum absolute atomic E-state index is 13.1. The zero-order valence-electron chi connectivity index (χ0n) is 16.4. The number of ether oxygens (including phenoxy) is 1. The van der Waals surface area contributed by atoms with Crippen LogP contribution in [0.5, 0.6) is 0 Å². The molecule has 0 bridgehead atoms. The number of aromatic amines is 1. The van der Waals surface area contributed by atoms with Crippen molar-refractivity contribution in [2.45, 2.75) is 57.6 Å². The van der Waals surface area contributed by atoms with Crippen LogP contribution in [0.3, 0.4) is 0 Å². The Morgan fingerprint density at radius 3 is 2.61 bits per heavy atom. The molecule has 1 aromatic carbocycles. The molecule has 1 N–H and O–H groups in total. The number of hydrogen-bond donors (Lipinski definition) is 1. The summed E-state index contributed by atoms with van der Waals surface area (Å²) in [4.78, 5) is 28.6. The zero-order chi connectivity index (χ0) is 19.7. The van der Waals surface area contributed by atoms with Gasteiger partial charge in [-0.05, 0) is 38.3 Å². The van der Waals surface area contributed by atoms with Crippen molar-refractivity contribution in [3.8, 4) is 11.4 Å². The number of benzene rings is 1. The van der Waals surface area contributed by atoms with E-state index in [-0.39, 0.29) is 23.5 Å². The Bertz CT molecular complexity index is 880. The van der Waals surface area contributed by atoms with Crippen LogP contribution >= 0.6 is 0 Å². The van der Waals surface area contributed by atoms with Gasteiger partial charge in [0, 0.05) is 36.2 Å². The zero-order valence-corrected chi connectivity index (χ0v) is 16.4. The van der Waals surface area contributed by atoms with E-state index >= 15 is 0 Å². The largest absolute Gasteiger partial charge is 0.439 e. The molecule has 150 valence electrons. The highest BCUT2D eigenvalue weighted by Crippen LogP contribution is 2.55. The Kier molecular flexibility index (Phi) is 5.10. The third kappa shape index (κ3) is 3.17. The first-order chi connectivity index (χ1) is 13.5. The molecule has 2 saturated carbocycles. The molecule has 7 heteroatoms. The van der Waals surface area contributed by atoms with Gasteiger partial charge < -0.3 is 9.64 Å². The molecule has 0 saturated heterocycles. The minimum atomic E-state index is -0.596. The first kappa shape index (κ1) is 18.9. The van der Waals surface area contributed by atoms with Crippen molar-refractivity contribution in [2.75, 3.05) is 13.7 Å². The molecule has 0 radical (unpaired) electrons. The third-order valence-corrected chi connectivity index (χ3v) is 6.53. The van der Waals surface area contributed by atoms with Crippen LogP contribution in [0.25, 0.3) is 11.4 Å². The maximum Gasteiger partial charge on any atom is 0.439 e. The van der Waals surface area contributed by atoms with Gasteiger partial charge >= 0.3 is 5.76 Å². The van der Waals surface area contributed by atoms with Gasteiger partial charge in [0.15, 0.2) is 5.82 Å². The summed E-state index contributed by atoms with van der Waals surface area (Å²) in [5, 5.41) is 3.68. The van der Waals surface area contributed by atoms with Crippen LogP contribution in [0.4, 0.5) is 0 Å². The lowest BCUT2D eigenvalue weighted by molar-refractivity contribution is -0.170. The molecule has 1 heterocycles. The lowest BCUT2D eigenvalue weighted by atomic mass is 9.54. The molecular weight excluding hydrogens is 358 g/mol. The number of nitrogens with zero attached hydrogens (tertiary/aromatic N) is 2. The minimum absolute atomic E-state index is 0.0186. The van der Waals surface area contributed by atoms with Gasteiger partial charge in [-0.1, -0.05) is 36.6 Å². The van der Waals surface area contributed by atoms with Crippen LogP contribution in [0.2, 0.25) is 0 Å². The van der Waals surface area contributed by atoms with Crippen molar-refractivity contribution < 1.29 is 14.1 Å². The number of nitrogens with one attached hydrogen (secondary N) is 1. The van der Waals surface area contributed by atoms with Crippen LogP contribution in [0.1, 0.15) is 55.8 Å². The maximum atomic E-state index is 13.1. The molecule has 28 heavy (non-hydrogen) atoms. The Balaban J connectivity index is 1.50. The van der Waals surface area contributed by atoms with Crippen molar-refractivity contribution in [1.29, 1.82) is 0 Å². The molecule has 2 aliphatic rings. The van der Waals surface area contributed by atoms with Crippen molar-refractivity contribution in [1.82, 2.24) is 15.0 Å². The number of H-pyrrole nitrogens is 1. The van der Waals surface area contributed by atoms with Crippen LogP contribution in [-0.4, -0.2) is 46.7 Å². The van der Waals surface area contributed by atoms with Crippen molar-refractivity contribution in [3.63, 3.8) is 0 Å². The molecule has 2 aromatic rings. The summed E-state index contributed by atoms with van der Waals surface area (Å²) in [5.41, 5.74) is 1.44. The van der Waals surface area contributed by atoms with Gasteiger partial charge in [-0.2, -0.15) is 0 Å². The summed E-state index contributed by atoms with van der Waals surface area (Å²) in [6.45, 7) is 2.77. The van der Waals surface area contributed by atoms with E-state index < -0.39 is 5.76 Å². The number of rotatable bonds is 5. The fourth-order valence-corrected chi connectivity index (χ4v) is 5.04. The highest BCUT2D eigenvalue weighted by atomic mass is 16.5. The average Bonchev–Trinajstić information content (AvgIpc) is 3.17. The molecule has 2 atom stereocenters. The molecule has 7 nitrogen and oxygen atoms in total. The summed E-state index contributed by atoms with van der Waals surface area (Å²) in [6.07, 6.45) is 7.16. The predicted molar refractivity (Wildman–Crippen MR) is 104 cm³/mol. The molecule has 1 amide bonds. The summed E-state index contributed by atoms with van der Waals surface area (Å²) >= 11 is 0. The van der Waals surface area contributed by atoms with Gasteiger partial charge in [-0.3, -0.25) is 14.3 Å². The number of amides is 1. The van der Waals surface area contributed by atoms with Gasteiger partial charge in [0.05, 0.1) is 6.10 Å². The molecule has 1 aromatic heterocycles.